The van der Waals surface area contributed by atoms with Crippen LogP contribution in [-0.4, -0.2) is 43.7 Å². The second-order valence-corrected chi connectivity index (χ2v) is 6.65. The van der Waals surface area contributed by atoms with Crippen molar-refractivity contribution in [2.24, 2.45) is 0 Å². The maximum Gasteiger partial charge on any atom is 0.248 e. The lowest BCUT2D eigenvalue weighted by Crippen LogP contribution is -2.36. The molecule has 2 rings (SSSR count). The van der Waals surface area contributed by atoms with Crippen molar-refractivity contribution in [2.45, 2.75) is 25.5 Å². The lowest BCUT2D eigenvalue weighted by Gasteiger charge is -2.24. The Morgan fingerprint density at radius 2 is 2.32 bits per heavy atom. The zero-order valence-corrected chi connectivity index (χ0v) is 13.4. The van der Waals surface area contributed by atoms with Gasteiger partial charge in [-0.3, -0.25) is 4.79 Å². The number of likely N-dealkylation sites (N-methyl/N-ethyl adjacent to an activating group) is 1. The number of piperidine rings is 1. The summed E-state index contributed by atoms with van der Waals surface area (Å²) in [7, 11) is 1.82. The first-order chi connectivity index (χ1) is 9.15. The van der Waals surface area contributed by atoms with E-state index in [0.717, 1.165) is 30.4 Å². The number of nitrogens with one attached hydrogen (secondary N) is 1. The maximum absolute atomic E-state index is 12.0. The van der Waals surface area contributed by atoms with Crippen LogP contribution in [0.25, 0.3) is 0 Å². The first kappa shape index (κ1) is 15.0. The van der Waals surface area contributed by atoms with Gasteiger partial charge in [0.25, 0.3) is 0 Å². The molecule has 1 aromatic rings. The molecule has 1 fully saturated rings. The highest BCUT2D eigenvalue weighted by Gasteiger charge is 2.16. The van der Waals surface area contributed by atoms with E-state index in [-0.39, 0.29) is 18.6 Å². The van der Waals surface area contributed by atoms with Crippen molar-refractivity contribution in [3.63, 3.8) is 0 Å². The Morgan fingerprint density at radius 3 is 2.95 bits per heavy atom. The molecule has 1 aliphatic heterocycles. The molecule has 0 aromatic carbocycles. The number of rotatable bonds is 5. The molecule has 0 unspecified atom stereocenters. The molecule has 1 saturated heterocycles. The normalized spacial score (nSPS) is 16.5. The Morgan fingerprint density at radius 1 is 1.58 bits per heavy atom. The van der Waals surface area contributed by atoms with E-state index in [1.54, 1.807) is 16.2 Å². The number of ether oxygens (including phenoxy) is 1. The van der Waals surface area contributed by atoms with Crippen molar-refractivity contribution >= 4 is 33.2 Å². The summed E-state index contributed by atoms with van der Waals surface area (Å²) in [6.45, 7) is 2.80. The Bertz CT molecular complexity index is 419. The average molecular weight is 347 g/mol. The summed E-state index contributed by atoms with van der Waals surface area (Å²) in [6, 6.07) is 2.04. The molecule has 4 nitrogen and oxygen atoms in total. The minimum absolute atomic E-state index is 0.0445. The zero-order chi connectivity index (χ0) is 13.7. The molecule has 0 atom stereocenters. The van der Waals surface area contributed by atoms with Crippen LogP contribution < -0.4 is 5.32 Å². The summed E-state index contributed by atoms with van der Waals surface area (Å²) in [6.07, 6.45) is 2.22. The molecule has 0 saturated carbocycles. The fourth-order valence-corrected chi connectivity index (χ4v) is 3.52. The highest BCUT2D eigenvalue weighted by molar-refractivity contribution is 9.10. The van der Waals surface area contributed by atoms with Crippen LogP contribution in [0.3, 0.4) is 0 Å². The quantitative estimate of drug-likeness (QED) is 0.888. The van der Waals surface area contributed by atoms with Gasteiger partial charge in [-0.15, -0.1) is 11.3 Å². The van der Waals surface area contributed by atoms with Gasteiger partial charge in [-0.25, -0.2) is 0 Å². The summed E-state index contributed by atoms with van der Waals surface area (Å²) in [5.41, 5.74) is 0. The number of hydrogen-bond acceptors (Lipinski definition) is 4. The van der Waals surface area contributed by atoms with Crippen molar-refractivity contribution in [1.82, 2.24) is 10.2 Å². The van der Waals surface area contributed by atoms with Crippen LogP contribution in [0, 0.1) is 0 Å². The highest BCUT2D eigenvalue weighted by Crippen LogP contribution is 2.20. The second-order valence-electron chi connectivity index (χ2n) is 4.74. The van der Waals surface area contributed by atoms with E-state index in [1.807, 2.05) is 18.5 Å². The van der Waals surface area contributed by atoms with Crippen LogP contribution in [0.2, 0.25) is 0 Å². The summed E-state index contributed by atoms with van der Waals surface area (Å²) < 4.78 is 6.74. The van der Waals surface area contributed by atoms with Crippen molar-refractivity contribution in [3.05, 3.63) is 20.8 Å². The van der Waals surface area contributed by atoms with Gasteiger partial charge in [0.2, 0.25) is 5.91 Å². The number of carbonyl (C=O) groups is 1. The smallest absolute Gasteiger partial charge is 0.248 e. The van der Waals surface area contributed by atoms with E-state index < -0.39 is 0 Å². The molecule has 106 valence electrons. The van der Waals surface area contributed by atoms with Gasteiger partial charge in [-0.05, 0) is 47.9 Å². The lowest BCUT2D eigenvalue weighted by atomic mass is 10.1. The predicted octanol–water partition coefficient (Wildman–Crippen LogP) is 2.24. The molecule has 0 radical (unpaired) electrons. The Hall–Kier alpha value is -0.430. The van der Waals surface area contributed by atoms with Crippen LogP contribution >= 0.6 is 27.3 Å². The molecule has 2 heterocycles. The number of halogens is 1. The van der Waals surface area contributed by atoms with Crippen LogP contribution in [0.15, 0.2) is 15.9 Å². The predicted molar refractivity (Wildman–Crippen MR) is 80.3 cm³/mol. The molecule has 1 amide bonds. The fourth-order valence-electron chi connectivity index (χ4n) is 2.02. The van der Waals surface area contributed by atoms with Gasteiger partial charge >= 0.3 is 0 Å². The van der Waals surface area contributed by atoms with E-state index in [9.17, 15) is 4.79 Å². The Kier molecular flexibility index (Phi) is 5.81. The van der Waals surface area contributed by atoms with Gasteiger partial charge in [0.1, 0.15) is 6.61 Å². The van der Waals surface area contributed by atoms with Crippen molar-refractivity contribution in [2.75, 3.05) is 26.7 Å². The number of amides is 1. The maximum atomic E-state index is 12.0. The van der Waals surface area contributed by atoms with Crippen molar-refractivity contribution in [3.8, 4) is 0 Å². The van der Waals surface area contributed by atoms with Gasteiger partial charge in [-0.2, -0.15) is 0 Å². The van der Waals surface area contributed by atoms with E-state index in [4.69, 9.17) is 4.74 Å². The van der Waals surface area contributed by atoms with Crippen LogP contribution in [-0.2, 0) is 16.1 Å². The van der Waals surface area contributed by atoms with Crippen LogP contribution in [0.5, 0.6) is 0 Å². The third kappa shape index (κ3) is 4.87. The largest absolute Gasteiger partial charge is 0.368 e. The Balaban J connectivity index is 1.72. The number of hydrogen-bond donors (Lipinski definition) is 1. The molecule has 1 aliphatic rings. The van der Waals surface area contributed by atoms with Crippen molar-refractivity contribution < 1.29 is 9.53 Å². The summed E-state index contributed by atoms with van der Waals surface area (Å²) in [5, 5.41) is 5.31. The lowest BCUT2D eigenvalue weighted by molar-refractivity contribution is -0.137. The highest BCUT2D eigenvalue weighted by atomic mass is 79.9. The summed E-state index contributed by atoms with van der Waals surface area (Å²) in [4.78, 5) is 14.9. The molecule has 0 spiro atoms. The molecule has 19 heavy (non-hydrogen) atoms. The third-order valence-electron chi connectivity index (χ3n) is 3.17. The van der Waals surface area contributed by atoms with E-state index in [2.05, 4.69) is 21.2 Å². The summed E-state index contributed by atoms with van der Waals surface area (Å²) in [5.74, 6) is 0.0445. The third-order valence-corrected chi connectivity index (χ3v) is 4.85. The topological polar surface area (TPSA) is 41.6 Å². The van der Waals surface area contributed by atoms with Gasteiger partial charge in [0.15, 0.2) is 0 Å². The molecule has 0 aliphatic carbocycles. The molecule has 0 bridgehead atoms. The molecular formula is C13H19BrN2O2S. The first-order valence-corrected chi connectivity index (χ1v) is 8.11. The molecule has 1 aromatic heterocycles. The number of thiophene rings is 1. The summed E-state index contributed by atoms with van der Waals surface area (Å²) >= 11 is 5.07. The second kappa shape index (κ2) is 7.38. The van der Waals surface area contributed by atoms with Crippen LogP contribution in [0.4, 0.5) is 0 Å². The zero-order valence-electron chi connectivity index (χ0n) is 11.0. The minimum Gasteiger partial charge on any atom is -0.368 e. The van der Waals surface area contributed by atoms with Crippen LogP contribution in [0.1, 0.15) is 17.7 Å². The monoisotopic (exact) mass is 346 g/mol. The Labute approximate surface area is 126 Å². The average Bonchev–Trinajstić information content (AvgIpc) is 2.82. The van der Waals surface area contributed by atoms with E-state index in [0.29, 0.717) is 6.54 Å². The minimum atomic E-state index is 0.0445. The molecule has 1 N–H and O–H groups in total. The van der Waals surface area contributed by atoms with E-state index in [1.165, 1.54) is 4.88 Å². The van der Waals surface area contributed by atoms with Crippen molar-refractivity contribution in [1.29, 1.82) is 0 Å². The number of nitrogens with zero attached hydrogens (tertiary/aromatic N) is 1. The fraction of sp³-hybridized carbons (Fsp3) is 0.615. The molecular weight excluding hydrogens is 328 g/mol. The number of carbonyl (C=O) groups excluding carboxylic acids is 1. The SMILES string of the molecule is CN(Cc1cc(Br)cs1)C(=O)COC1CCNCC1. The first-order valence-electron chi connectivity index (χ1n) is 6.44. The standard InChI is InChI=1S/C13H19BrN2O2S/c1-16(7-12-6-10(14)9-19-12)13(17)8-18-11-2-4-15-5-3-11/h6,9,11,15H,2-5,7-8H2,1H3. The van der Waals surface area contributed by atoms with Gasteiger partial charge in [0, 0.05) is 21.8 Å². The van der Waals surface area contributed by atoms with Gasteiger partial charge in [-0.1, -0.05) is 0 Å². The van der Waals surface area contributed by atoms with E-state index >= 15 is 0 Å². The van der Waals surface area contributed by atoms with Gasteiger partial charge in [0.05, 0.1) is 12.6 Å². The van der Waals surface area contributed by atoms with Gasteiger partial charge < -0.3 is 15.0 Å². The molecule has 6 heteroatoms.